The number of nitrogens with one attached hydrogen (secondary N) is 1. The number of hydrogen-bond acceptors (Lipinski definition) is 4. The molecule has 1 fully saturated rings. The largest absolute Gasteiger partial charge is 0.331 e. The van der Waals surface area contributed by atoms with Gasteiger partial charge in [-0.05, 0) is 12.8 Å². The average Bonchev–Trinajstić information content (AvgIpc) is 3.19. The second-order valence-electron chi connectivity index (χ2n) is 5.45. The van der Waals surface area contributed by atoms with Crippen molar-refractivity contribution in [1.29, 1.82) is 0 Å². The summed E-state index contributed by atoms with van der Waals surface area (Å²) in [6.45, 7) is 1.94. The molecule has 3 heterocycles. The van der Waals surface area contributed by atoms with E-state index in [0.717, 1.165) is 31.0 Å². The number of fused-ring (bicyclic) bond motifs is 1. The number of aryl methyl sites for hydroxylation is 1. The first-order chi connectivity index (χ1) is 9.33. The van der Waals surface area contributed by atoms with Crippen LogP contribution in [-0.2, 0) is 20.0 Å². The Hall–Kier alpha value is -1.75. The van der Waals surface area contributed by atoms with E-state index in [9.17, 15) is 0 Å². The predicted molar refractivity (Wildman–Crippen MR) is 71.6 cm³/mol. The zero-order chi connectivity index (χ0) is 12.8. The number of nitrogens with zero attached hydrogens (tertiary/aromatic N) is 4. The molecule has 1 aliphatic carbocycles. The van der Waals surface area contributed by atoms with Crippen LogP contribution < -0.4 is 5.32 Å². The van der Waals surface area contributed by atoms with Gasteiger partial charge in [-0.2, -0.15) is 0 Å². The van der Waals surface area contributed by atoms with E-state index in [-0.39, 0.29) is 0 Å². The fourth-order valence-electron chi connectivity index (χ4n) is 2.75. The Morgan fingerprint density at radius 1 is 1.32 bits per heavy atom. The molecule has 5 nitrogen and oxygen atoms in total. The van der Waals surface area contributed by atoms with Gasteiger partial charge in [0.1, 0.15) is 5.69 Å². The van der Waals surface area contributed by atoms with Gasteiger partial charge in [0.05, 0.1) is 23.9 Å². The summed E-state index contributed by atoms with van der Waals surface area (Å²) in [6, 6.07) is 0. The second-order valence-corrected chi connectivity index (χ2v) is 5.45. The summed E-state index contributed by atoms with van der Waals surface area (Å²) in [4.78, 5) is 13.8. The van der Waals surface area contributed by atoms with Gasteiger partial charge in [0.2, 0.25) is 0 Å². The number of aromatic nitrogens is 4. The van der Waals surface area contributed by atoms with E-state index in [1.807, 2.05) is 17.8 Å². The quantitative estimate of drug-likeness (QED) is 0.881. The van der Waals surface area contributed by atoms with E-state index in [1.54, 1.807) is 6.33 Å². The van der Waals surface area contributed by atoms with E-state index in [1.165, 1.54) is 29.8 Å². The fraction of sp³-hybridized carbons (Fsp3) is 0.500. The Morgan fingerprint density at radius 2 is 2.21 bits per heavy atom. The average molecular weight is 255 g/mol. The van der Waals surface area contributed by atoms with Crippen molar-refractivity contribution in [2.24, 2.45) is 7.05 Å². The molecule has 1 aliphatic heterocycles. The topological polar surface area (TPSA) is 55.6 Å². The minimum absolute atomic E-state index is 0.656. The summed E-state index contributed by atoms with van der Waals surface area (Å²) in [5.41, 5.74) is 4.85. The molecule has 0 radical (unpaired) electrons. The van der Waals surface area contributed by atoms with Crippen LogP contribution in [0.2, 0.25) is 0 Å². The number of hydrogen-bond donors (Lipinski definition) is 1. The molecule has 4 rings (SSSR count). The van der Waals surface area contributed by atoms with Crippen molar-refractivity contribution >= 4 is 0 Å². The Bertz CT molecular complexity index is 627. The molecule has 2 aromatic heterocycles. The fourth-order valence-corrected chi connectivity index (χ4v) is 2.75. The van der Waals surface area contributed by atoms with Crippen LogP contribution in [0.4, 0.5) is 0 Å². The molecule has 2 aromatic rings. The van der Waals surface area contributed by atoms with E-state index >= 15 is 0 Å². The normalized spacial score (nSPS) is 18.4. The maximum atomic E-state index is 4.84. The molecule has 1 N–H and O–H groups in total. The Morgan fingerprint density at radius 3 is 2.95 bits per heavy atom. The molecule has 19 heavy (non-hydrogen) atoms. The van der Waals surface area contributed by atoms with Crippen molar-refractivity contribution in [3.8, 4) is 11.5 Å². The van der Waals surface area contributed by atoms with Crippen molar-refractivity contribution in [3.63, 3.8) is 0 Å². The van der Waals surface area contributed by atoms with Gasteiger partial charge in [0.25, 0.3) is 0 Å². The molecule has 2 aliphatic rings. The SMILES string of the molecule is Cn1cncc1-c1nc2c(c(C3CC3)n1)CNCC2. The van der Waals surface area contributed by atoms with Crippen molar-refractivity contribution in [2.75, 3.05) is 6.54 Å². The van der Waals surface area contributed by atoms with Gasteiger partial charge in [-0.15, -0.1) is 0 Å². The van der Waals surface area contributed by atoms with Crippen molar-refractivity contribution in [2.45, 2.75) is 31.7 Å². The van der Waals surface area contributed by atoms with Crippen molar-refractivity contribution in [1.82, 2.24) is 24.8 Å². The first-order valence-corrected chi connectivity index (χ1v) is 6.90. The lowest BCUT2D eigenvalue weighted by molar-refractivity contribution is 0.617. The summed E-state index contributed by atoms with van der Waals surface area (Å²) in [6.07, 6.45) is 7.20. The molecule has 1 saturated carbocycles. The van der Waals surface area contributed by atoms with Gasteiger partial charge >= 0.3 is 0 Å². The van der Waals surface area contributed by atoms with E-state index in [0.29, 0.717) is 5.92 Å². The van der Waals surface area contributed by atoms with Gasteiger partial charge < -0.3 is 9.88 Å². The summed E-state index contributed by atoms with van der Waals surface area (Å²) >= 11 is 0. The molecule has 0 unspecified atom stereocenters. The molecular weight excluding hydrogens is 238 g/mol. The minimum atomic E-state index is 0.656. The Kier molecular flexibility index (Phi) is 2.41. The monoisotopic (exact) mass is 255 g/mol. The lowest BCUT2D eigenvalue weighted by Crippen LogP contribution is -2.26. The molecule has 98 valence electrons. The maximum Gasteiger partial charge on any atom is 0.178 e. The van der Waals surface area contributed by atoms with E-state index < -0.39 is 0 Å². The van der Waals surface area contributed by atoms with E-state index in [4.69, 9.17) is 9.97 Å². The van der Waals surface area contributed by atoms with Gasteiger partial charge in [-0.1, -0.05) is 0 Å². The summed E-state index contributed by atoms with van der Waals surface area (Å²) in [7, 11) is 1.99. The zero-order valence-corrected chi connectivity index (χ0v) is 11.1. The van der Waals surface area contributed by atoms with Crippen LogP contribution >= 0.6 is 0 Å². The van der Waals surface area contributed by atoms with E-state index in [2.05, 4.69) is 10.3 Å². The lowest BCUT2D eigenvalue weighted by Gasteiger charge is -2.20. The lowest BCUT2D eigenvalue weighted by atomic mass is 10.0. The molecule has 0 bridgehead atoms. The molecule has 0 spiro atoms. The summed E-state index contributed by atoms with van der Waals surface area (Å²) in [5, 5.41) is 3.43. The highest BCUT2D eigenvalue weighted by molar-refractivity contribution is 5.51. The number of imidazole rings is 1. The van der Waals surface area contributed by atoms with Crippen LogP contribution in [0, 0.1) is 0 Å². The second kappa shape index (κ2) is 4.13. The van der Waals surface area contributed by atoms with Gasteiger partial charge in [-0.3, -0.25) is 0 Å². The molecule has 0 saturated heterocycles. The van der Waals surface area contributed by atoms with Crippen LogP contribution in [0.1, 0.15) is 35.7 Å². The van der Waals surface area contributed by atoms with Gasteiger partial charge in [-0.25, -0.2) is 15.0 Å². The molecule has 0 atom stereocenters. The van der Waals surface area contributed by atoms with Crippen LogP contribution in [0.3, 0.4) is 0 Å². The third-order valence-electron chi connectivity index (χ3n) is 3.97. The highest BCUT2D eigenvalue weighted by atomic mass is 15.1. The first kappa shape index (κ1) is 11.1. The third-order valence-corrected chi connectivity index (χ3v) is 3.97. The van der Waals surface area contributed by atoms with Crippen LogP contribution in [-0.4, -0.2) is 26.1 Å². The highest BCUT2D eigenvalue weighted by Crippen LogP contribution is 2.42. The highest BCUT2D eigenvalue weighted by Gasteiger charge is 2.31. The Balaban J connectivity index is 1.88. The maximum absolute atomic E-state index is 4.84. The summed E-state index contributed by atoms with van der Waals surface area (Å²) in [5.74, 6) is 1.49. The van der Waals surface area contributed by atoms with Crippen molar-refractivity contribution in [3.05, 3.63) is 29.5 Å². The first-order valence-electron chi connectivity index (χ1n) is 6.90. The number of rotatable bonds is 2. The molecule has 0 amide bonds. The van der Waals surface area contributed by atoms with Crippen LogP contribution in [0.5, 0.6) is 0 Å². The summed E-state index contributed by atoms with van der Waals surface area (Å²) < 4.78 is 1.99. The van der Waals surface area contributed by atoms with Crippen LogP contribution in [0.25, 0.3) is 11.5 Å². The third kappa shape index (κ3) is 1.85. The predicted octanol–water partition coefficient (Wildman–Crippen LogP) is 1.40. The minimum Gasteiger partial charge on any atom is -0.331 e. The molecule has 0 aromatic carbocycles. The van der Waals surface area contributed by atoms with Gasteiger partial charge in [0.15, 0.2) is 5.82 Å². The van der Waals surface area contributed by atoms with Crippen LogP contribution in [0.15, 0.2) is 12.5 Å². The molecule has 5 heteroatoms. The van der Waals surface area contributed by atoms with Crippen molar-refractivity contribution < 1.29 is 0 Å². The van der Waals surface area contributed by atoms with Gasteiger partial charge in [0, 0.05) is 38.0 Å². The molecular formula is C14H17N5. The smallest absolute Gasteiger partial charge is 0.178 e. The standard InChI is InChI=1S/C14H17N5/c1-19-8-16-7-12(19)14-17-11-4-5-15-6-10(11)13(18-14)9-2-3-9/h7-9,15H,2-6H2,1H3. The Labute approximate surface area is 112 Å². The zero-order valence-electron chi connectivity index (χ0n) is 11.1.